The van der Waals surface area contributed by atoms with E-state index in [9.17, 15) is 14.7 Å². The third-order valence-corrected chi connectivity index (χ3v) is 4.00. The molecule has 0 bridgehead atoms. The summed E-state index contributed by atoms with van der Waals surface area (Å²) in [5, 5.41) is 14.0. The number of H-pyrrole nitrogens is 1. The summed E-state index contributed by atoms with van der Waals surface area (Å²) in [5.41, 5.74) is 1.85. The minimum absolute atomic E-state index is 0.00298. The number of hydrogen-bond donors (Lipinski definition) is 3. The number of unbranched alkanes of at least 4 members (excludes halogenated alkanes) is 3. The molecule has 0 unspecified atom stereocenters. The number of nitrogens with zero attached hydrogens (tertiary/aromatic N) is 2. The Morgan fingerprint density at radius 3 is 2.87 bits per heavy atom. The largest absolute Gasteiger partial charge is 0.494 e. The van der Waals surface area contributed by atoms with E-state index in [4.69, 9.17) is 12.2 Å². The Bertz CT molecular complexity index is 704. The van der Waals surface area contributed by atoms with Crippen LogP contribution in [0.5, 0.6) is 5.88 Å². The average Bonchev–Trinajstić information content (AvgIpc) is 3.31. The lowest BCUT2D eigenvalue weighted by Crippen LogP contribution is -2.21. The van der Waals surface area contributed by atoms with Gasteiger partial charge in [0.15, 0.2) is 4.77 Å². The van der Waals surface area contributed by atoms with E-state index < -0.39 is 5.56 Å². The van der Waals surface area contributed by atoms with Crippen molar-refractivity contribution in [2.75, 3.05) is 0 Å². The molecule has 1 saturated carbocycles. The first-order chi connectivity index (χ1) is 11.0. The number of aromatic nitrogens is 2. The summed E-state index contributed by atoms with van der Waals surface area (Å²) in [6.07, 6.45) is 7.43. The number of carbonyl (C=O) groups is 1. The summed E-state index contributed by atoms with van der Waals surface area (Å²) < 4.78 is 1.72. The zero-order chi connectivity index (χ0) is 16.8. The Morgan fingerprint density at radius 2 is 2.22 bits per heavy atom. The lowest BCUT2D eigenvalue weighted by atomic mass is 10.1. The van der Waals surface area contributed by atoms with Gasteiger partial charge in [-0.1, -0.05) is 26.2 Å². The molecule has 1 heterocycles. The fourth-order valence-corrected chi connectivity index (χ4v) is 2.61. The van der Waals surface area contributed by atoms with E-state index in [1.165, 1.54) is 4.57 Å². The van der Waals surface area contributed by atoms with Crippen LogP contribution in [0.15, 0.2) is 9.90 Å². The zero-order valence-electron chi connectivity index (χ0n) is 13.2. The lowest BCUT2D eigenvalue weighted by molar-refractivity contribution is -0.121. The Kier molecular flexibility index (Phi) is 6.09. The molecule has 1 fully saturated rings. The molecule has 23 heavy (non-hydrogen) atoms. The summed E-state index contributed by atoms with van der Waals surface area (Å²) >= 11 is 5.06. The topological polar surface area (TPSA) is 99.5 Å². The maximum Gasteiger partial charge on any atom is 0.264 e. The van der Waals surface area contributed by atoms with E-state index >= 15 is 0 Å². The number of carbonyl (C=O) groups excluding carboxylic acids is 1. The van der Waals surface area contributed by atoms with Crippen molar-refractivity contribution in [3.05, 3.63) is 20.7 Å². The number of aromatic hydroxyl groups is 1. The maximum atomic E-state index is 11.9. The molecule has 0 radical (unpaired) electrons. The molecule has 3 N–H and O–H groups in total. The standard InChI is InChI=1S/C15H22N4O3S/c1-2-3-4-5-6-12(20)18-16-9-11-13(21)17-15(23)19(14(11)22)10-7-8-10/h9-10,22H,2-8H2,1H3,(H,18,20)(H,17,21,23)/b16-9-. The molecule has 0 spiro atoms. The van der Waals surface area contributed by atoms with Crippen LogP contribution in [0.3, 0.4) is 0 Å². The Morgan fingerprint density at radius 1 is 1.48 bits per heavy atom. The number of aromatic amines is 1. The second kappa shape index (κ2) is 8.05. The number of rotatable bonds is 8. The minimum Gasteiger partial charge on any atom is -0.494 e. The Labute approximate surface area is 139 Å². The molecule has 0 atom stereocenters. The van der Waals surface area contributed by atoms with Crippen LogP contribution >= 0.6 is 12.2 Å². The highest BCUT2D eigenvalue weighted by molar-refractivity contribution is 7.71. The quantitative estimate of drug-likeness (QED) is 0.293. The van der Waals surface area contributed by atoms with Gasteiger partial charge in [-0.05, 0) is 31.5 Å². The lowest BCUT2D eigenvalue weighted by Gasteiger charge is -2.09. The first-order valence-corrected chi connectivity index (χ1v) is 8.35. The fraction of sp³-hybridized carbons (Fsp3) is 0.600. The van der Waals surface area contributed by atoms with Crippen LogP contribution in [0, 0.1) is 4.77 Å². The summed E-state index contributed by atoms with van der Waals surface area (Å²) in [7, 11) is 0. The highest BCUT2D eigenvalue weighted by Gasteiger charge is 2.27. The van der Waals surface area contributed by atoms with E-state index in [0.717, 1.165) is 44.7 Å². The third kappa shape index (κ3) is 4.75. The van der Waals surface area contributed by atoms with Crippen molar-refractivity contribution in [2.24, 2.45) is 5.10 Å². The van der Waals surface area contributed by atoms with Gasteiger partial charge in [-0.25, -0.2) is 5.43 Å². The molecule has 0 aliphatic heterocycles. The SMILES string of the molecule is CCCCCCC(=O)N/N=C\c1c(O)n(C2CC2)c(=S)[nH]c1=O. The van der Waals surface area contributed by atoms with Crippen LogP contribution < -0.4 is 11.0 Å². The second-order valence-corrected chi connectivity index (χ2v) is 6.09. The molecule has 8 heteroatoms. The first kappa shape index (κ1) is 17.4. The van der Waals surface area contributed by atoms with Crippen LogP contribution in [-0.4, -0.2) is 26.8 Å². The van der Waals surface area contributed by atoms with Crippen molar-refractivity contribution in [1.82, 2.24) is 15.0 Å². The number of nitrogens with one attached hydrogen (secondary N) is 2. The highest BCUT2D eigenvalue weighted by atomic mass is 32.1. The highest BCUT2D eigenvalue weighted by Crippen LogP contribution is 2.37. The van der Waals surface area contributed by atoms with E-state index in [1.54, 1.807) is 0 Å². The summed E-state index contributed by atoms with van der Waals surface area (Å²) in [5.74, 6) is -0.412. The number of amides is 1. The second-order valence-electron chi connectivity index (χ2n) is 5.70. The molecule has 7 nitrogen and oxygen atoms in total. The van der Waals surface area contributed by atoms with Gasteiger partial charge < -0.3 is 5.11 Å². The van der Waals surface area contributed by atoms with Gasteiger partial charge in [0.05, 0.1) is 6.21 Å². The van der Waals surface area contributed by atoms with E-state index in [0.29, 0.717) is 6.42 Å². The van der Waals surface area contributed by atoms with Crippen molar-refractivity contribution >= 4 is 24.3 Å². The van der Waals surface area contributed by atoms with Crippen LogP contribution in [0.25, 0.3) is 0 Å². The normalized spacial score (nSPS) is 14.3. The van der Waals surface area contributed by atoms with E-state index in [2.05, 4.69) is 22.4 Å². The predicted molar refractivity (Wildman–Crippen MR) is 90.3 cm³/mol. The minimum atomic E-state index is -0.523. The van der Waals surface area contributed by atoms with Crippen LogP contribution in [0.1, 0.15) is 63.5 Å². The van der Waals surface area contributed by atoms with Crippen molar-refractivity contribution in [3.8, 4) is 5.88 Å². The van der Waals surface area contributed by atoms with Gasteiger partial charge in [0.25, 0.3) is 5.56 Å². The monoisotopic (exact) mass is 338 g/mol. The summed E-state index contributed by atoms with van der Waals surface area (Å²) in [6, 6.07) is 0.125. The smallest absolute Gasteiger partial charge is 0.264 e. The van der Waals surface area contributed by atoms with Crippen LogP contribution in [0.2, 0.25) is 0 Å². The van der Waals surface area contributed by atoms with Gasteiger partial charge >= 0.3 is 0 Å². The molecule has 2 rings (SSSR count). The maximum absolute atomic E-state index is 11.9. The van der Waals surface area contributed by atoms with Gasteiger partial charge in [-0.2, -0.15) is 5.10 Å². The molecule has 1 aliphatic rings. The third-order valence-electron chi connectivity index (χ3n) is 3.71. The molecule has 0 saturated heterocycles. The molecular formula is C15H22N4O3S. The number of hydrazone groups is 1. The van der Waals surface area contributed by atoms with Crippen LogP contribution in [-0.2, 0) is 4.79 Å². The zero-order valence-corrected chi connectivity index (χ0v) is 14.0. The van der Waals surface area contributed by atoms with Crippen molar-refractivity contribution in [1.29, 1.82) is 0 Å². The van der Waals surface area contributed by atoms with Gasteiger partial charge in [0.2, 0.25) is 11.8 Å². The van der Waals surface area contributed by atoms with Crippen molar-refractivity contribution < 1.29 is 9.90 Å². The van der Waals surface area contributed by atoms with Crippen molar-refractivity contribution in [3.63, 3.8) is 0 Å². The summed E-state index contributed by atoms with van der Waals surface area (Å²) in [4.78, 5) is 26.0. The first-order valence-electron chi connectivity index (χ1n) is 7.94. The van der Waals surface area contributed by atoms with E-state index in [-0.39, 0.29) is 28.2 Å². The number of hydrogen-bond acceptors (Lipinski definition) is 5. The average molecular weight is 338 g/mol. The van der Waals surface area contributed by atoms with Gasteiger partial charge in [0, 0.05) is 12.5 Å². The van der Waals surface area contributed by atoms with Crippen LogP contribution in [0.4, 0.5) is 0 Å². The fourth-order valence-electron chi connectivity index (χ4n) is 2.28. The molecule has 1 aromatic rings. The molecular weight excluding hydrogens is 316 g/mol. The molecule has 126 valence electrons. The Hall–Kier alpha value is -1.96. The van der Waals surface area contributed by atoms with Gasteiger partial charge in [-0.3, -0.25) is 19.1 Å². The predicted octanol–water partition coefficient (Wildman–Crippen LogP) is 2.37. The van der Waals surface area contributed by atoms with Gasteiger partial charge in [0.1, 0.15) is 5.56 Å². The van der Waals surface area contributed by atoms with Gasteiger partial charge in [-0.15, -0.1) is 0 Å². The Balaban J connectivity index is 2.00. The molecule has 1 aliphatic carbocycles. The summed E-state index contributed by atoms with van der Waals surface area (Å²) in [6.45, 7) is 2.11. The van der Waals surface area contributed by atoms with E-state index in [1.807, 2.05) is 0 Å². The van der Waals surface area contributed by atoms with Crippen molar-refractivity contribution in [2.45, 2.75) is 57.9 Å². The molecule has 0 aromatic carbocycles. The molecule has 1 amide bonds. The molecule has 1 aromatic heterocycles.